The van der Waals surface area contributed by atoms with Gasteiger partial charge in [0.2, 0.25) is 0 Å². The molecule has 8 heavy (non-hydrogen) atoms. The molecule has 44 valence electrons. The van der Waals surface area contributed by atoms with Gasteiger partial charge in [-0.15, -0.1) is 0 Å². The second kappa shape index (κ2) is 2.76. The molecule has 2 N–H and O–H groups in total. The quantitative estimate of drug-likeness (QED) is 0.590. The molecule has 1 atom stereocenters. The van der Waals surface area contributed by atoms with Crippen LogP contribution in [0.4, 0.5) is 0 Å². The van der Waals surface area contributed by atoms with Crippen LogP contribution in [0.5, 0.6) is 0 Å². The molecule has 0 spiro atoms. The molecule has 0 aromatic heterocycles. The summed E-state index contributed by atoms with van der Waals surface area (Å²) in [6.45, 7) is 4.93. The number of hydrogen-bond acceptors (Lipinski definition) is 2. The van der Waals surface area contributed by atoms with Crippen LogP contribution in [0.1, 0.15) is 20.8 Å². The summed E-state index contributed by atoms with van der Waals surface area (Å²) in [6.07, 6.45) is 0. The van der Waals surface area contributed by atoms with E-state index in [0.29, 0.717) is 0 Å². The Morgan fingerprint density at radius 2 is 1.25 bits per heavy atom. The van der Waals surface area contributed by atoms with Crippen molar-refractivity contribution in [3.05, 3.63) is 0 Å². The number of rotatable bonds is 1. The summed E-state index contributed by atoms with van der Waals surface area (Å²) in [5, 5.41) is 18.4. The first-order valence-corrected chi connectivity index (χ1v) is 5.16. The fraction of sp³-hybridized carbons (Fsp3) is 1.00. The van der Waals surface area contributed by atoms with Crippen LogP contribution in [0.15, 0.2) is 0 Å². The molecule has 3 heteroatoms. The molecule has 0 fully saturated rings. The number of aliphatic hydroxyl groups is 2. The Morgan fingerprint density at radius 1 is 1.12 bits per heavy atom. The molecule has 0 rings (SSSR count). The third-order valence-corrected chi connectivity index (χ3v) is 4.50. The average molecular weight is 189 g/mol. The van der Waals surface area contributed by atoms with Crippen LogP contribution in [0.25, 0.3) is 0 Å². The third-order valence-electron chi connectivity index (χ3n) is 1.50. The second-order valence-electron chi connectivity index (χ2n) is 3.12. The van der Waals surface area contributed by atoms with E-state index >= 15 is 0 Å². The van der Waals surface area contributed by atoms with Gasteiger partial charge in [0.15, 0.2) is 0 Å². The Balaban J connectivity index is 4.02. The van der Waals surface area contributed by atoms with Gasteiger partial charge in [-0.05, 0) is 0 Å². The van der Waals surface area contributed by atoms with Crippen LogP contribution in [-0.2, 0) is 0 Å². The van der Waals surface area contributed by atoms with Crippen molar-refractivity contribution < 1.29 is 10.2 Å². The van der Waals surface area contributed by atoms with Crippen LogP contribution >= 0.6 is 0 Å². The van der Waals surface area contributed by atoms with Crippen molar-refractivity contribution >= 4 is 55.5 Å². The van der Waals surface area contributed by atoms with Gasteiger partial charge in [0.25, 0.3) is 0 Å². The van der Waals surface area contributed by atoms with Gasteiger partial charge in [-0.2, -0.15) is 0 Å². The molecule has 0 aliphatic rings. The van der Waals surface area contributed by atoms with Crippen LogP contribution in [0.2, 0.25) is 0 Å². The second-order valence-corrected chi connectivity index (χ2v) is 7.90. The van der Waals surface area contributed by atoms with E-state index in [0.717, 1.165) is 0 Å². The molecule has 0 heterocycles. The van der Waals surface area contributed by atoms with E-state index in [4.69, 9.17) is 5.11 Å². The van der Waals surface area contributed by atoms with Gasteiger partial charge in [-0.3, -0.25) is 0 Å². The van der Waals surface area contributed by atoms with E-state index in [2.05, 4.69) is 0 Å². The van der Waals surface area contributed by atoms with Gasteiger partial charge in [0.1, 0.15) is 0 Å². The van der Waals surface area contributed by atoms with Crippen LogP contribution < -0.4 is 0 Å². The fourth-order valence-corrected chi connectivity index (χ4v) is 0. The van der Waals surface area contributed by atoms with Crippen molar-refractivity contribution in [2.24, 2.45) is 0 Å². The van der Waals surface area contributed by atoms with Gasteiger partial charge in [-0.25, -0.2) is 0 Å². The molecular formula is C5H11O2Rb. The first-order chi connectivity index (χ1) is 3.25. The summed E-state index contributed by atoms with van der Waals surface area (Å²) in [7, 11) is 0. The first-order valence-electron chi connectivity index (χ1n) is 2.70. The standard InChI is InChI=1S/C5H11O2.Rb/c1-4(6)5(2,3)7;/h6-7H,1-3H3;. The molecule has 0 bridgehead atoms. The predicted molar refractivity (Wildman–Crippen MR) is 32.7 cm³/mol. The van der Waals surface area contributed by atoms with Crippen molar-refractivity contribution in [3.63, 3.8) is 0 Å². The summed E-state index contributed by atoms with van der Waals surface area (Å²) in [5.41, 5.74) is -0.914. The normalized spacial score (nSPS) is 20.4. The van der Waals surface area contributed by atoms with E-state index in [1.54, 1.807) is 20.8 Å². The van der Waals surface area contributed by atoms with Crippen molar-refractivity contribution in [2.45, 2.75) is 25.0 Å². The van der Waals surface area contributed by atoms with E-state index in [9.17, 15) is 5.11 Å². The van der Waals surface area contributed by atoms with Crippen molar-refractivity contribution in [1.82, 2.24) is 0 Å². The maximum absolute atomic E-state index is 9.20. The maximum atomic E-state index is 9.20. The molecule has 0 aromatic carbocycles. The topological polar surface area (TPSA) is 40.5 Å². The van der Waals surface area contributed by atoms with E-state index in [-0.39, 0.29) is 55.5 Å². The fourth-order valence-electron chi connectivity index (χ4n) is 0. The zero-order valence-corrected chi connectivity index (χ0v) is 10.8. The molecular weight excluding hydrogens is 178 g/mol. The summed E-state index contributed by atoms with van der Waals surface area (Å²) < 4.78 is -0.797. The van der Waals surface area contributed by atoms with Gasteiger partial charge in [0, 0.05) is 0 Å². The Kier molecular flexibility index (Phi) is 3.36. The molecule has 0 aliphatic heterocycles. The minimum absolute atomic E-state index is 0.0889. The summed E-state index contributed by atoms with van der Waals surface area (Å²) in [6, 6.07) is 0. The Labute approximate surface area is 89.0 Å². The minimum atomic E-state index is -0.914. The van der Waals surface area contributed by atoms with Gasteiger partial charge < -0.3 is 0 Å². The average Bonchev–Trinajstić information content (AvgIpc) is 1.25. The molecule has 0 saturated heterocycles. The van der Waals surface area contributed by atoms with Crippen LogP contribution in [0, 0.1) is 0 Å². The summed E-state index contributed by atoms with van der Waals surface area (Å²) in [5.74, 6) is 0. The van der Waals surface area contributed by atoms with Gasteiger partial charge in [-0.1, -0.05) is 0 Å². The molecule has 2 nitrogen and oxygen atoms in total. The third kappa shape index (κ3) is 3.04. The number of hydrogen-bond donors (Lipinski definition) is 2. The Hall–Kier alpha value is 1.73. The van der Waals surface area contributed by atoms with Crippen molar-refractivity contribution in [2.75, 3.05) is 0 Å². The van der Waals surface area contributed by atoms with Crippen molar-refractivity contribution in [1.29, 1.82) is 0 Å². The van der Waals surface area contributed by atoms with E-state index < -0.39 is 4.27 Å². The van der Waals surface area contributed by atoms with E-state index in [1.165, 1.54) is 0 Å². The zero-order valence-electron chi connectivity index (χ0n) is 5.89. The molecule has 1 unspecified atom stereocenters. The van der Waals surface area contributed by atoms with Crippen LogP contribution in [0.3, 0.4) is 0 Å². The first kappa shape index (κ1) is 9.73. The molecule has 0 radical (unpaired) electrons. The summed E-state index contributed by atoms with van der Waals surface area (Å²) >= 11 is 0.0889. The molecule has 0 saturated carbocycles. The van der Waals surface area contributed by atoms with Crippen molar-refractivity contribution in [3.8, 4) is 0 Å². The van der Waals surface area contributed by atoms with Crippen LogP contribution in [-0.4, -0.2) is 70.0 Å². The SMILES string of the molecule is CC(C)(O)[C](C)(O)[Rb]. The Morgan fingerprint density at radius 3 is 1.25 bits per heavy atom. The van der Waals surface area contributed by atoms with Gasteiger partial charge in [0.05, 0.1) is 0 Å². The molecule has 0 aromatic rings. The monoisotopic (exact) mass is 188 g/mol. The zero-order chi connectivity index (χ0) is 7.00. The predicted octanol–water partition coefficient (Wildman–Crippen LogP) is -0.366. The Bertz CT molecular complexity index is 65.4. The molecule has 0 aliphatic carbocycles. The van der Waals surface area contributed by atoms with Gasteiger partial charge >= 0.3 is 90.8 Å². The van der Waals surface area contributed by atoms with E-state index in [1.807, 2.05) is 0 Å². The summed E-state index contributed by atoms with van der Waals surface area (Å²) in [4.78, 5) is 0. The molecule has 0 amide bonds.